The summed E-state index contributed by atoms with van der Waals surface area (Å²) in [6.45, 7) is 0. The molecule has 0 saturated carbocycles. The molecule has 0 spiro atoms. The fraction of sp³-hybridized carbons (Fsp3) is 0. The summed E-state index contributed by atoms with van der Waals surface area (Å²) >= 11 is 5.67. The Bertz CT molecular complexity index is 1070. The van der Waals surface area contributed by atoms with Gasteiger partial charge in [-0.3, -0.25) is 4.79 Å². The second kappa shape index (κ2) is 7.43. The molecule has 0 aliphatic carbocycles. The molecule has 2 aromatic rings. The molecule has 140 valence electrons. The Balaban J connectivity index is 1.89. The van der Waals surface area contributed by atoms with Gasteiger partial charge in [-0.1, -0.05) is 42.2 Å². The lowest BCUT2D eigenvalue weighted by atomic mass is 10.2. The van der Waals surface area contributed by atoms with Crippen molar-refractivity contribution < 1.29 is 26.4 Å². The molecule has 27 heavy (non-hydrogen) atoms. The molecule has 0 aromatic heterocycles. The average Bonchev–Trinajstić information content (AvgIpc) is 2.90. The largest absolute Gasteiger partial charge is 0.281 e. The average molecular weight is 430 g/mol. The molecule has 2 aromatic carbocycles. The van der Waals surface area contributed by atoms with E-state index in [0.29, 0.717) is 22.8 Å². The number of thiocarbonyl (C=S) groups is 1. The topological polar surface area (TPSA) is 66.5 Å². The van der Waals surface area contributed by atoms with Gasteiger partial charge in [0.2, 0.25) is 0 Å². The van der Waals surface area contributed by atoms with Gasteiger partial charge in [-0.15, -0.1) is 4.83 Å². The first-order chi connectivity index (χ1) is 12.7. The third-order valence-corrected chi connectivity index (χ3v) is 6.03. The van der Waals surface area contributed by atoms with Crippen LogP contribution in [0.4, 0.5) is 13.2 Å². The zero-order valence-corrected chi connectivity index (χ0v) is 15.6. The smallest absolute Gasteiger partial charge is 0.267 e. The number of hydrogen-bond donors (Lipinski definition) is 1. The number of nitrogens with one attached hydrogen (secondary N) is 1. The number of amides is 1. The van der Waals surface area contributed by atoms with Crippen LogP contribution in [0.2, 0.25) is 0 Å². The monoisotopic (exact) mass is 430 g/mol. The molecule has 0 unspecified atom stereocenters. The standard InChI is InChI=1S/C16H9F3N2O3S3/c17-11-7-6-9(13(18)14(11)19)8-12-15(22)21(16(25)26-12)20-27(23,24)10-4-2-1-3-5-10/h1-8,20H/b12-8+. The summed E-state index contributed by atoms with van der Waals surface area (Å²) in [6, 6.07) is 8.95. The highest BCUT2D eigenvalue weighted by atomic mass is 32.2. The van der Waals surface area contributed by atoms with Gasteiger partial charge < -0.3 is 0 Å². The van der Waals surface area contributed by atoms with Crippen LogP contribution in [-0.2, 0) is 14.8 Å². The van der Waals surface area contributed by atoms with Gasteiger partial charge in [0, 0.05) is 5.56 Å². The Morgan fingerprint density at radius 3 is 2.37 bits per heavy atom. The van der Waals surface area contributed by atoms with Crippen molar-refractivity contribution >= 4 is 50.3 Å². The number of halogens is 3. The molecule has 11 heteroatoms. The maximum Gasteiger partial charge on any atom is 0.281 e. The van der Waals surface area contributed by atoms with Crippen molar-refractivity contribution in [1.29, 1.82) is 0 Å². The number of hydrogen-bond acceptors (Lipinski definition) is 5. The van der Waals surface area contributed by atoms with Crippen LogP contribution < -0.4 is 4.83 Å². The van der Waals surface area contributed by atoms with Crippen molar-refractivity contribution in [2.75, 3.05) is 0 Å². The van der Waals surface area contributed by atoms with E-state index in [2.05, 4.69) is 0 Å². The van der Waals surface area contributed by atoms with E-state index in [4.69, 9.17) is 12.2 Å². The third kappa shape index (κ3) is 3.90. The predicted molar refractivity (Wildman–Crippen MR) is 98.1 cm³/mol. The fourth-order valence-electron chi connectivity index (χ4n) is 2.11. The maximum absolute atomic E-state index is 13.8. The summed E-state index contributed by atoms with van der Waals surface area (Å²) in [6.07, 6.45) is 0.966. The van der Waals surface area contributed by atoms with E-state index in [-0.39, 0.29) is 19.7 Å². The molecule has 0 bridgehead atoms. The molecule has 1 amide bonds. The summed E-state index contributed by atoms with van der Waals surface area (Å²) in [4.78, 5) is 14.2. The van der Waals surface area contributed by atoms with E-state index in [0.717, 1.165) is 12.1 Å². The van der Waals surface area contributed by atoms with Crippen LogP contribution in [0.5, 0.6) is 0 Å². The maximum atomic E-state index is 13.8. The van der Waals surface area contributed by atoms with Crippen molar-refractivity contribution in [3.63, 3.8) is 0 Å². The molecule has 1 saturated heterocycles. The van der Waals surface area contributed by atoms with Gasteiger partial charge >= 0.3 is 0 Å². The summed E-state index contributed by atoms with van der Waals surface area (Å²) in [5.41, 5.74) is -0.375. The van der Waals surface area contributed by atoms with Crippen molar-refractivity contribution in [2.24, 2.45) is 0 Å². The van der Waals surface area contributed by atoms with Crippen LogP contribution >= 0.6 is 24.0 Å². The highest BCUT2D eigenvalue weighted by molar-refractivity contribution is 8.26. The van der Waals surface area contributed by atoms with Gasteiger partial charge in [-0.25, -0.2) is 26.6 Å². The Hall–Kier alpha value is -2.21. The van der Waals surface area contributed by atoms with Crippen molar-refractivity contribution in [3.8, 4) is 0 Å². The number of carbonyl (C=O) groups excluding carboxylic acids is 1. The van der Waals surface area contributed by atoms with Crippen molar-refractivity contribution in [3.05, 3.63) is 70.4 Å². The molecule has 1 N–H and O–H groups in total. The summed E-state index contributed by atoms with van der Waals surface area (Å²) in [7, 11) is -4.08. The van der Waals surface area contributed by atoms with Gasteiger partial charge in [0.1, 0.15) is 0 Å². The first-order valence-corrected chi connectivity index (χ1v) is 9.90. The highest BCUT2D eigenvalue weighted by Crippen LogP contribution is 2.32. The lowest BCUT2D eigenvalue weighted by Gasteiger charge is -2.15. The van der Waals surface area contributed by atoms with Gasteiger partial charge in [0.05, 0.1) is 9.80 Å². The summed E-state index contributed by atoms with van der Waals surface area (Å²) in [5, 5.41) is 0.617. The first-order valence-electron chi connectivity index (χ1n) is 7.19. The Morgan fingerprint density at radius 1 is 1.04 bits per heavy atom. The second-order valence-corrected chi connectivity index (χ2v) is 8.53. The zero-order valence-electron chi connectivity index (χ0n) is 13.1. The van der Waals surface area contributed by atoms with Crippen molar-refractivity contribution in [2.45, 2.75) is 4.90 Å². The summed E-state index contributed by atoms with van der Waals surface area (Å²) < 4.78 is 64.7. The minimum atomic E-state index is -4.08. The molecular formula is C16H9F3N2O3S3. The number of rotatable bonds is 4. The van der Waals surface area contributed by atoms with E-state index < -0.39 is 33.4 Å². The molecule has 1 fully saturated rings. The SMILES string of the molecule is O=C1/C(=C\c2ccc(F)c(F)c2F)SC(=S)N1NS(=O)(=O)c1ccccc1. The van der Waals surface area contributed by atoms with Gasteiger partial charge in [-0.2, -0.15) is 0 Å². The fourth-order valence-corrected chi connectivity index (χ4v) is 4.43. The van der Waals surface area contributed by atoms with Crippen LogP contribution in [-0.4, -0.2) is 23.7 Å². The predicted octanol–water partition coefficient (Wildman–Crippen LogP) is 3.20. The molecule has 5 nitrogen and oxygen atoms in total. The molecule has 1 aliphatic heterocycles. The Labute approximate surface area is 161 Å². The lowest BCUT2D eigenvalue weighted by molar-refractivity contribution is -0.123. The lowest BCUT2D eigenvalue weighted by Crippen LogP contribution is -2.44. The Kier molecular flexibility index (Phi) is 5.38. The van der Waals surface area contributed by atoms with Gasteiger partial charge in [0.15, 0.2) is 21.8 Å². The van der Waals surface area contributed by atoms with Crippen molar-refractivity contribution in [1.82, 2.24) is 9.84 Å². The summed E-state index contributed by atoms with van der Waals surface area (Å²) in [5.74, 6) is -5.38. The third-order valence-electron chi connectivity index (χ3n) is 3.41. The normalized spacial score (nSPS) is 16.4. The molecule has 3 rings (SSSR count). The Morgan fingerprint density at radius 2 is 1.70 bits per heavy atom. The number of carbonyl (C=O) groups is 1. The number of benzene rings is 2. The van der Waals surface area contributed by atoms with E-state index in [9.17, 15) is 26.4 Å². The second-order valence-electron chi connectivity index (χ2n) is 5.19. The number of thioether (sulfide) groups is 1. The first kappa shape index (κ1) is 19.5. The number of nitrogens with zero attached hydrogens (tertiary/aromatic N) is 1. The van der Waals surface area contributed by atoms with E-state index in [1.165, 1.54) is 24.3 Å². The minimum absolute atomic E-state index is 0.0883. The highest BCUT2D eigenvalue weighted by Gasteiger charge is 2.35. The van der Waals surface area contributed by atoms with Crippen LogP contribution in [0.1, 0.15) is 5.56 Å². The van der Waals surface area contributed by atoms with Gasteiger partial charge in [0.25, 0.3) is 15.9 Å². The molecule has 0 atom stereocenters. The van der Waals surface area contributed by atoms with E-state index in [1.54, 1.807) is 6.07 Å². The molecular weight excluding hydrogens is 421 g/mol. The van der Waals surface area contributed by atoms with Crippen LogP contribution in [0.15, 0.2) is 52.3 Å². The van der Waals surface area contributed by atoms with E-state index in [1.807, 2.05) is 4.83 Å². The molecule has 1 heterocycles. The quantitative estimate of drug-likeness (QED) is 0.459. The van der Waals surface area contributed by atoms with E-state index >= 15 is 0 Å². The molecule has 0 radical (unpaired) electrons. The van der Waals surface area contributed by atoms with Crippen LogP contribution in [0.3, 0.4) is 0 Å². The number of hydrazine groups is 1. The van der Waals surface area contributed by atoms with Crippen LogP contribution in [0.25, 0.3) is 6.08 Å². The van der Waals surface area contributed by atoms with Crippen LogP contribution in [0, 0.1) is 17.5 Å². The van der Waals surface area contributed by atoms with Gasteiger partial charge in [-0.05, 0) is 30.3 Å². The molecule has 1 aliphatic rings. The number of sulfonamides is 1. The zero-order chi connectivity index (χ0) is 19.8. The minimum Gasteiger partial charge on any atom is -0.267 e.